The van der Waals surface area contributed by atoms with Gasteiger partial charge in [-0.3, -0.25) is 4.79 Å². The molecule has 0 spiro atoms. The highest BCUT2D eigenvalue weighted by atomic mass is 16.2. The number of carbonyl (C=O) groups is 2. The molecular formula is C11H20N4O2. The van der Waals surface area contributed by atoms with Gasteiger partial charge in [0.05, 0.1) is 5.92 Å². The molecule has 17 heavy (non-hydrogen) atoms. The van der Waals surface area contributed by atoms with Crippen molar-refractivity contribution in [2.45, 2.75) is 25.3 Å². The lowest BCUT2D eigenvalue weighted by molar-refractivity contribution is -0.126. The molecule has 4 atom stereocenters. The Balaban J connectivity index is 1.75. The van der Waals surface area contributed by atoms with Crippen molar-refractivity contribution in [3.05, 3.63) is 0 Å². The second-order valence-corrected chi connectivity index (χ2v) is 5.02. The maximum Gasteiger partial charge on any atom is 0.312 e. The van der Waals surface area contributed by atoms with Gasteiger partial charge in [-0.1, -0.05) is 0 Å². The zero-order chi connectivity index (χ0) is 12.4. The van der Waals surface area contributed by atoms with Gasteiger partial charge < -0.3 is 22.1 Å². The second-order valence-electron chi connectivity index (χ2n) is 5.02. The first-order chi connectivity index (χ1) is 8.09. The van der Waals surface area contributed by atoms with Gasteiger partial charge in [-0.25, -0.2) is 4.79 Å². The normalized spacial score (nSPS) is 34.6. The minimum atomic E-state index is -0.573. The molecule has 2 rings (SSSR count). The maximum absolute atomic E-state index is 12.0. The van der Waals surface area contributed by atoms with Crippen LogP contribution in [0.2, 0.25) is 0 Å². The van der Waals surface area contributed by atoms with E-state index in [1.165, 1.54) is 6.42 Å². The minimum absolute atomic E-state index is 0.0119. The summed E-state index contributed by atoms with van der Waals surface area (Å²) in [6, 6.07) is -0.561. The van der Waals surface area contributed by atoms with Gasteiger partial charge in [-0.05, 0) is 31.1 Å². The van der Waals surface area contributed by atoms with Crippen LogP contribution in [-0.4, -0.2) is 31.1 Å². The molecular weight excluding hydrogens is 220 g/mol. The highest BCUT2D eigenvalue weighted by molar-refractivity contribution is 5.80. The fourth-order valence-corrected chi connectivity index (χ4v) is 3.21. The highest BCUT2D eigenvalue weighted by Gasteiger charge is 2.48. The predicted octanol–water partition coefficient (Wildman–Crippen LogP) is -0.856. The number of rotatable bonds is 4. The lowest BCUT2D eigenvalue weighted by atomic mass is 9.84. The molecule has 6 heteroatoms. The van der Waals surface area contributed by atoms with Crippen LogP contribution < -0.4 is 22.1 Å². The van der Waals surface area contributed by atoms with Crippen LogP contribution in [-0.2, 0) is 4.79 Å². The summed E-state index contributed by atoms with van der Waals surface area (Å²) in [6.07, 6.45) is 3.38. The first-order valence-electron chi connectivity index (χ1n) is 6.16. The van der Waals surface area contributed by atoms with Crippen LogP contribution in [0.5, 0.6) is 0 Å². The van der Waals surface area contributed by atoms with Crippen molar-refractivity contribution < 1.29 is 9.59 Å². The maximum atomic E-state index is 12.0. The summed E-state index contributed by atoms with van der Waals surface area (Å²) in [4.78, 5) is 22.4. The van der Waals surface area contributed by atoms with E-state index in [9.17, 15) is 9.59 Å². The molecule has 2 bridgehead atoms. The molecule has 6 nitrogen and oxygen atoms in total. The standard InChI is InChI=1S/C11H20N4O2/c12-9-7-2-1-6(5-7)8(9)10(16)14-3-4-15-11(13)17/h6-9H,1-5,12H2,(H,14,16)(H3,13,15,17). The Bertz CT molecular complexity index is 319. The van der Waals surface area contributed by atoms with E-state index >= 15 is 0 Å². The smallest absolute Gasteiger partial charge is 0.312 e. The van der Waals surface area contributed by atoms with E-state index in [0.717, 1.165) is 12.8 Å². The molecule has 0 aromatic heterocycles. The van der Waals surface area contributed by atoms with Gasteiger partial charge in [0.15, 0.2) is 0 Å². The lowest BCUT2D eigenvalue weighted by Gasteiger charge is -2.26. The number of hydrogen-bond donors (Lipinski definition) is 4. The Kier molecular flexibility index (Phi) is 3.51. The summed E-state index contributed by atoms with van der Waals surface area (Å²) in [5.74, 6) is 0.969. The molecule has 2 aliphatic carbocycles. The van der Waals surface area contributed by atoms with Gasteiger partial charge in [0, 0.05) is 19.1 Å². The fourth-order valence-electron chi connectivity index (χ4n) is 3.21. The summed E-state index contributed by atoms with van der Waals surface area (Å²) in [6.45, 7) is 0.763. The average Bonchev–Trinajstić information content (AvgIpc) is 2.84. The van der Waals surface area contributed by atoms with Crippen molar-refractivity contribution in [1.82, 2.24) is 10.6 Å². The molecule has 0 heterocycles. The molecule has 4 unspecified atom stereocenters. The third-order valence-electron chi connectivity index (χ3n) is 4.01. The molecule has 6 N–H and O–H groups in total. The van der Waals surface area contributed by atoms with Crippen LogP contribution in [0.15, 0.2) is 0 Å². The van der Waals surface area contributed by atoms with Gasteiger partial charge in [0.2, 0.25) is 5.91 Å². The van der Waals surface area contributed by atoms with Crippen molar-refractivity contribution in [2.24, 2.45) is 29.2 Å². The summed E-state index contributed by atoms with van der Waals surface area (Å²) < 4.78 is 0. The number of primary amides is 1. The molecule has 2 saturated carbocycles. The Labute approximate surface area is 100 Å². The molecule has 0 aromatic rings. The highest BCUT2D eigenvalue weighted by Crippen LogP contribution is 2.47. The molecule has 2 fully saturated rings. The van der Waals surface area contributed by atoms with Crippen molar-refractivity contribution in [1.29, 1.82) is 0 Å². The molecule has 3 amide bonds. The molecule has 0 radical (unpaired) electrons. The van der Waals surface area contributed by atoms with E-state index in [4.69, 9.17) is 11.5 Å². The molecule has 0 aliphatic heterocycles. The summed E-state index contributed by atoms with van der Waals surface area (Å²) >= 11 is 0. The fraction of sp³-hybridized carbons (Fsp3) is 0.818. The quantitative estimate of drug-likeness (QED) is 0.480. The van der Waals surface area contributed by atoms with Crippen LogP contribution in [0.1, 0.15) is 19.3 Å². The number of nitrogens with one attached hydrogen (secondary N) is 2. The number of nitrogens with two attached hydrogens (primary N) is 2. The van der Waals surface area contributed by atoms with Gasteiger partial charge in [0.25, 0.3) is 0 Å². The number of urea groups is 1. The monoisotopic (exact) mass is 240 g/mol. The molecule has 0 saturated heterocycles. The van der Waals surface area contributed by atoms with Crippen LogP contribution in [0.4, 0.5) is 4.79 Å². The van der Waals surface area contributed by atoms with Gasteiger partial charge in [-0.2, -0.15) is 0 Å². The number of fused-ring (bicyclic) bond motifs is 2. The topological polar surface area (TPSA) is 110 Å². The number of hydrogen-bond acceptors (Lipinski definition) is 3. The summed E-state index contributed by atoms with van der Waals surface area (Å²) in [7, 11) is 0. The molecule has 2 aliphatic rings. The van der Waals surface area contributed by atoms with Gasteiger partial charge in [0.1, 0.15) is 0 Å². The van der Waals surface area contributed by atoms with Gasteiger partial charge >= 0.3 is 6.03 Å². The van der Waals surface area contributed by atoms with Crippen LogP contribution >= 0.6 is 0 Å². The zero-order valence-electron chi connectivity index (χ0n) is 9.82. The van der Waals surface area contributed by atoms with Gasteiger partial charge in [-0.15, -0.1) is 0 Å². The van der Waals surface area contributed by atoms with Crippen molar-refractivity contribution in [2.75, 3.05) is 13.1 Å². The number of carbonyl (C=O) groups excluding carboxylic acids is 2. The minimum Gasteiger partial charge on any atom is -0.354 e. The second kappa shape index (κ2) is 4.91. The van der Waals surface area contributed by atoms with E-state index in [2.05, 4.69) is 10.6 Å². The zero-order valence-corrected chi connectivity index (χ0v) is 9.82. The van der Waals surface area contributed by atoms with Crippen LogP contribution in [0.3, 0.4) is 0 Å². The third-order valence-corrected chi connectivity index (χ3v) is 4.01. The van der Waals surface area contributed by atoms with E-state index < -0.39 is 6.03 Å². The first kappa shape index (κ1) is 12.2. The Morgan fingerprint density at radius 1 is 1.12 bits per heavy atom. The summed E-state index contributed by atoms with van der Waals surface area (Å²) in [5, 5.41) is 5.24. The van der Waals surface area contributed by atoms with Crippen molar-refractivity contribution >= 4 is 11.9 Å². The number of amides is 3. The Morgan fingerprint density at radius 3 is 2.35 bits per heavy atom. The molecule has 96 valence electrons. The Morgan fingerprint density at radius 2 is 1.76 bits per heavy atom. The van der Waals surface area contributed by atoms with Crippen molar-refractivity contribution in [3.8, 4) is 0 Å². The Hall–Kier alpha value is -1.30. The van der Waals surface area contributed by atoms with E-state index in [1.807, 2.05) is 0 Å². The predicted molar refractivity (Wildman–Crippen MR) is 62.9 cm³/mol. The third kappa shape index (κ3) is 2.52. The van der Waals surface area contributed by atoms with Crippen LogP contribution in [0.25, 0.3) is 0 Å². The molecule has 0 aromatic carbocycles. The average molecular weight is 240 g/mol. The SMILES string of the molecule is NC(=O)NCCNC(=O)C1C2CCC(C2)C1N. The van der Waals surface area contributed by atoms with E-state index in [-0.39, 0.29) is 17.9 Å². The lowest BCUT2D eigenvalue weighted by Crippen LogP contribution is -2.47. The van der Waals surface area contributed by atoms with E-state index in [0.29, 0.717) is 24.9 Å². The summed E-state index contributed by atoms with van der Waals surface area (Å²) in [5.41, 5.74) is 11.0. The largest absolute Gasteiger partial charge is 0.354 e. The van der Waals surface area contributed by atoms with Crippen LogP contribution in [0, 0.1) is 17.8 Å². The van der Waals surface area contributed by atoms with E-state index in [1.54, 1.807) is 0 Å². The first-order valence-corrected chi connectivity index (χ1v) is 6.16. The van der Waals surface area contributed by atoms with Crippen molar-refractivity contribution in [3.63, 3.8) is 0 Å².